The normalized spacial score (nSPS) is 12.6. The molecule has 7 aromatic carbocycles. The molecule has 0 fully saturated rings. The van der Waals surface area contributed by atoms with Crippen LogP contribution in [0.2, 0.25) is 0 Å². The third-order valence-electron chi connectivity index (χ3n) is 8.82. The molecule has 0 aliphatic rings. The summed E-state index contributed by atoms with van der Waals surface area (Å²) in [5.41, 5.74) is 6.55. The molecule has 0 N–H and O–H groups in total. The van der Waals surface area contributed by atoms with Gasteiger partial charge in [-0.2, -0.15) is 0 Å². The fourth-order valence-electron chi connectivity index (χ4n) is 6.85. The second-order valence-corrected chi connectivity index (χ2v) is 13.3. The predicted molar refractivity (Wildman–Crippen MR) is 189 cm³/mol. The van der Waals surface area contributed by atoms with Gasteiger partial charge < -0.3 is 0 Å². The van der Waals surface area contributed by atoms with Crippen LogP contribution in [-0.2, 0) is 0 Å². The van der Waals surface area contributed by atoms with Crippen molar-refractivity contribution in [2.24, 2.45) is 0 Å². The van der Waals surface area contributed by atoms with E-state index in [1.165, 1.54) is 78.9 Å². The summed E-state index contributed by atoms with van der Waals surface area (Å²) in [4.78, 5) is 0. The topological polar surface area (TPSA) is 0 Å². The highest BCUT2D eigenvalue weighted by Gasteiger charge is 2.22. The Bertz CT molecular complexity index is 2440. The van der Waals surface area contributed by atoms with Crippen LogP contribution in [0.1, 0.15) is 22.6 Å². The lowest BCUT2D eigenvalue weighted by Crippen LogP contribution is -2.04. The molecule has 0 amide bonds. The Morgan fingerprint density at radius 1 is 0.395 bits per heavy atom. The second-order valence-electron chi connectivity index (χ2n) is 11.2. The SMILES string of the molecule is c1ccc(C(c2ccc(-c3cccc4c3sc3ccccc34)cc2)c2cccc3ccc4c5ccccc5sc4c23)cc1. The zero-order valence-corrected chi connectivity index (χ0v) is 25.0. The predicted octanol–water partition coefficient (Wildman–Crippen LogP) is 12.4. The van der Waals surface area contributed by atoms with Crippen molar-refractivity contribution in [1.82, 2.24) is 0 Å². The summed E-state index contributed by atoms with van der Waals surface area (Å²) < 4.78 is 5.42. The van der Waals surface area contributed by atoms with Crippen molar-refractivity contribution in [1.29, 1.82) is 0 Å². The molecule has 0 aliphatic carbocycles. The van der Waals surface area contributed by atoms with Gasteiger partial charge in [-0.3, -0.25) is 0 Å². The van der Waals surface area contributed by atoms with E-state index in [-0.39, 0.29) is 5.92 Å². The molecular weight excluding hydrogens is 557 g/mol. The molecule has 9 rings (SSSR count). The van der Waals surface area contributed by atoms with Gasteiger partial charge in [0.2, 0.25) is 0 Å². The van der Waals surface area contributed by atoms with E-state index in [0.29, 0.717) is 0 Å². The molecular formula is C41H26S2. The molecule has 2 heterocycles. The van der Waals surface area contributed by atoms with Crippen LogP contribution in [0.4, 0.5) is 0 Å². The maximum Gasteiger partial charge on any atom is 0.0436 e. The Balaban J connectivity index is 1.24. The maximum atomic E-state index is 2.35. The Hall–Kier alpha value is -4.76. The highest BCUT2D eigenvalue weighted by molar-refractivity contribution is 7.27. The molecule has 0 bridgehead atoms. The van der Waals surface area contributed by atoms with E-state index in [4.69, 9.17) is 0 Å². The van der Waals surface area contributed by atoms with Gasteiger partial charge in [0.05, 0.1) is 0 Å². The molecule has 1 unspecified atom stereocenters. The molecule has 0 spiro atoms. The van der Waals surface area contributed by atoms with Gasteiger partial charge in [-0.15, -0.1) is 22.7 Å². The third-order valence-corrected chi connectivity index (χ3v) is 11.2. The summed E-state index contributed by atoms with van der Waals surface area (Å²) in [5.74, 6) is 0.120. The summed E-state index contributed by atoms with van der Waals surface area (Å²) in [5, 5.41) is 8.04. The van der Waals surface area contributed by atoms with E-state index in [0.717, 1.165) is 0 Å². The standard InChI is InChI=1S/C41H26S2/c1-2-10-27(11-3-1)38(35-17-8-12-28-24-25-34-32-14-5-7-19-37(32)43-41(34)39(28)35)29-22-20-26(21-23-29)30-15-9-16-33-31-13-4-6-18-36(31)42-40(30)33/h1-25,38H. The molecule has 0 nitrogen and oxygen atoms in total. The lowest BCUT2D eigenvalue weighted by Gasteiger charge is -2.21. The van der Waals surface area contributed by atoms with Gasteiger partial charge in [0.25, 0.3) is 0 Å². The largest absolute Gasteiger partial charge is 0.135 e. The monoisotopic (exact) mass is 582 g/mol. The third kappa shape index (κ3) is 3.95. The molecule has 2 heteroatoms. The van der Waals surface area contributed by atoms with Gasteiger partial charge in [-0.25, -0.2) is 0 Å². The molecule has 0 saturated carbocycles. The number of rotatable bonds is 4. The number of fused-ring (bicyclic) bond motifs is 8. The van der Waals surface area contributed by atoms with Crippen LogP contribution in [-0.4, -0.2) is 0 Å². The average Bonchev–Trinajstić information content (AvgIpc) is 3.64. The molecule has 0 saturated heterocycles. The first-order valence-corrected chi connectivity index (χ1v) is 16.4. The lowest BCUT2D eigenvalue weighted by molar-refractivity contribution is 0.991. The highest BCUT2D eigenvalue weighted by Crippen LogP contribution is 2.45. The first kappa shape index (κ1) is 24.8. The quantitative estimate of drug-likeness (QED) is 0.181. The fraction of sp³-hybridized carbons (Fsp3) is 0.0244. The summed E-state index contributed by atoms with van der Waals surface area (Å²) in [6, 6.07) is 56.1. The smallest absolute Gasteiger partial charge is 0.0436 e. The molecule has 43 heavy (non-hydrogen) atoms. The highest BCUT2D eigenvalue weighted by atomic mass is 32.1. The first-order valence-electron chi connectivity index (χ1n) is 14.7. The van der Waals surface area contributed by atoms with Crippen molar-refractivity contribution in [3.63, 3.8) is 0 Å². The van der Waals surface area contributed by atoms with Crippen LogP contribution in [0.25, 0.3) is 62.2 Å². The van der Waals surface area contributed by atoms with Crippen LogP contribution < -0.4 is 0 Å². The van der Waals surface area contributed by atoms with Gasteiger partial charge in [-0.05, 0) is 45.3 Å². The van der Waals surface area contributed by atoms with Crippen LogP contribution in [0.3, 0.4) is 0 Å². The first-order chi connectivity index (χ1) is 21.3. The van der Waals surface area contributed by atoms with Crippen molar-refractivity contribution in [3.05, 3.63) is 168 Å². The molecule has 2 aromatic heterocycles. The molecule has 202 valence electrons. The molecule has 0 radical (unpaired) electrons. The van der Waals surface area contributed by atoms with Crippen molar-refractivity contribution in [2.75, 3.05) is 0 Å². The van der Waals surface area contributed by atoms with Crippen molar-refractivity contribution >= 4 is 73.8 Å². The Morgan fingerprint density at radius 3 is 1.77 bits per heavy atom. The zero-order chi connectivity index (χ0) is 28.3. The van der Waals surface area contributed by atoms with Crippen molar-refractivity contribution < 1.29 is 0 Å². The number of hydrogen-bond donors (Lipinski definition) is 0. The van der Waals surface area contributed by atoms with Gasteiger partial charge in [-0.1, -0.05) is 140 Å². The van der Waals surface area contributed by atoms with E-state index in [1.807, 2.05) is 22.7 Å². The Labute approximate surface area is 258 Å². The molecule has 0 aliphatic heterocycles. The van der Waals surface area contributed by atoms with E-state index in [9.17, 15) is 0 Å². The second kappa shape index (κ2) is 9.91. The van der Waals surface area contributed by atoms with Crippen LogP contribution in [0.15, 0.2) is 152 Å². The van der Waals surface area contributed by atoms with Crippen LogP contribution in [0.5, 0.6) is 0 Å². The summed E-state index contributed by atoms with van der Waals surface area (Å²) >= 11 is 3.81. The van der Waals surface area contributed by atoms with E-state index < -0.39 is 0 Å². The van der Waals surface area contributed by atoms with Gasteiger partial charge in [0.15, 0.2) is 0 Å². The minimum Gasteiger partial charge on any atom is -0.135 e. The van der Waals surface area contributed by atoms with Gasteiger partial charge >= 0.3 is 0 Å². The minimum absolute atomic E-state index is 0.120. The number of benzene rings is 7. The van der Waals surface area contributed by atoms with Crippen molar-refractivity contribution in [3.8, 4) is 11.1 Å². The molecule has 1 atom stereocenters. The summed E-state index contributed by atoms with van der Waals surface area (Å²) in [6.07, 6.45) is 0. The van der Waals surface area contributed by atoms with Crippen LogP contribution >= 0.6 is 22.7 Å². The average molecular weight is 583 g/mol. The minimum atomic E-state index is 0.120. The lowest BCUT2D eigenvalue weighted by atomic mass is 9.82. The summed E-state index contributed by atoms with van der Waals surface area (Å²) in [6.45, 7) is 0. The molecule has 9 aromatic rings. The van der Waals surface area contributed by atoms with Crippen molar-refractivity contribution in [2.45, 2.75) is 5.92 Å². The Kier molecular flexibility index (Phi) is 5.72. The zero-order valence-electron chi connectivity index (χ0n) is 23.3. The number of thiophene rings is 2. The maximum absolute atomic E-state index is 2.35. The van der Waals surface area contributed by atoms with Gasteiger partial charge in [0, 0.05) is 51.6 Å². The fourth-order valence-corrected chi connectivity index (χ4v) is 9.37. The Morgan fingerprint density at radius 2 is 1.00 bits per heavy atom. The van der Waals surface area contributed by atoms with E-state index in [1.54, 1.807) is 0 Å². The van der Waals surface area contributed by atoms with E-state index in [2.05, 4.69) is 152 Å². The van der Waals surface area contributed by atoms with E-state index >= 15 is 0 Å². The van der Waals surface area contributed by atoms with Gasteiger partial charge in [0.1, 0.15) is 0 Å². The summed E-state index contributed by atoms with van der Waals surface area (Å²) in [7, 11) is 0. The van der Waals surface area contributed by atoms with Crippen LogP contribution in [0, 0.1) is 0 Å². The number of hydrogen-bond acceptors (Lipinski definition) is 2.